The number of hydrogen-bond donors (Lipinski definition) is 1. The van der Waals surface area contributed by atoms with Crippen molar-refractivity contribution in [2.75, 3.05) is 18.2 Å². The van der Waals surface area contributed by atoms with Gasteiger partial charge in [0, 0.05) is 47.9 Å². The number of hydrogen-bond acceptors (Lipinski definition) is 6. The van der Waals surface area contributed by atoms with Crippen molar-refractivity contribution in [2.45, 2.75) is 12.3 Å². The van der Waals surface area contributed by atoms with Crippen LogP contribution in [0.3, 0.4) is 0 Å². The Bertz CT molecular complexity index is 1240. The average molecular weight is 388 g/mol. The Morgan fingerprint density at radius 1 is 1.07 bits per heavy atom. The maximum Gasteiger partial charge on any atom is 0.258 e. The smallest absolute Gasteiger partial charge is 0.258 e. The molecule has 0 saturated carbocycles. The minimum absolute atomic E-state index is 0.0213. The van der Waals surface area contributed by atoms with Crippen molar-refractivity contribution in [1.29, 1.82) is 0 Å². The van der Waals surface area contributed by atoms with Gasteiger partial charge < -0.3 is 23.9 Å². The zero-order valence-electron chi connectivity index (χ0n) is 15.3. The maximum atomic E-state index is 12.6. The summed E-state index contributed by atoms with van der Waals surface area (Å²) in [5.41, 5.74) is 2.63. The van der Waals surface area contributed by atoms with E-state index < -0.39 is 0 Å². The molecule has 1 unspecified atom stereocenters. The van der Waals surface area contributed by atoms with Gasteiger partial charge in [0.2, 0.25) is 12.7 Å². The fourth-order valence-electron chi connectivity index (χ4n) is 3.88. The van der Waals surface area contributed by atoms with Gasteiger partial charge in [-0.2, -0.15) is 4.98 Å². The number of amides is 1. The van der Waals surface area contributed by atoms with Crippen molar-refractivity contribution in [3.8, 4) is 23.0 Å². The third kappa shape index (κ3) is 2.64. The largest absolute Gasteiger partial charge is 0.454 e. The van der Waals surface area contributed by atoms with Crippen molar-refractivity contribution in [1.82, 2.24) is 15.1 Å². The maximum absolute atomic E-state index is 12.6. The van der Waals surface area contributed by atoms with Crippen molar-refractivity contribution < 1.29 is 18.8 Å². The number of H-pyrrole nitrogens is 1. The van der Waals surface area contributed by atoms with Crippen LogP contribution >= 0.6 is 0 Å². The lowest BCUT2D eigenvalue weighted by atomic mass is 10.1. The molecule has 2 aromatic carbocycles. The van der Waals surface area contributed by atoms with Crippen molar-refractivity contribution in [2.24, 2.45) is 0 Å². The molecule has 4 heterocycles. The van der Waals surface area contributed by atoms with Crippen LogP contribution in [0.25, 0.3) is 22.4 Å². The third-order valence-electron chi connectivity index (χ3n) is 5.40. The minimum Gasteiger partial charge on any atom is -0.454 e. The highest BCUT2D eigenvalue weighted by Crippen LogP contribution is 2.38. The van der Waals surface area contributed by atoms with E-state index in [1.54, 1.807) is 4.90 Å². The molecular formula is C21H16N4O4. The Balaban J connectivity index is 1.25. The number of benzene rings is 2. The Morgan fingerprint density at radius 3 is 2.97 bits per heavy atom. The number of carbonyl (C=O) groups excluding carboxylic acids is 1. The fourth-order valence-corrected chi connectivity index (χ4v) is 3.88. The van der Waals surface area contributed by atoms with Crippen LogP contribution in [0.15, 0.2) is 53.2 Å². The monoisotopic (exact) mass is 388 g/mol. The van der Waals surface area contributed by atoms with Crippen LogP contribution in [0.1, 0.15) is 18.2 Å². The van der Waals surface area contributed by atoms with E-state index in [4.69, 9.17) is 14.0 Å². The molecule has 8 nitrogen and oxygen atoms in total. The second kappa shape index (κ2) is 6.10. The summed E-state index contributed by atoms with van der Waals surface area (Å²) in [4.78, 5) is 22.1. The number of aromatic nitrogens is 3. The van der Waals surface area contributed by atoms with Gasteiger partial charge in [0.1, 0.15) is 0 Å². The van der Waals surface area contributed by atoms with Gasteiger partial charge in [0.05, 0.1) is 0 Å². The summed E-state index contributed by atoms with van der Waals surface area (Å²) >= 11 is 0. The molecule has 2 aliphatic heterocycles. The third-order valence-corrected chi connectivity index (χ3v) is 5.40. The average Bonchev–Trinajstić information content (AvgIpc) is 3.51. The van der Waals surface area contributed by atoms with Gasteiger partial charge in [-0.05, 0) is 35.7 Å². The van der Waals surface area contributed by atoms with E-state index in [2.05, 4.69) is 15.1 Å². The summed E-state index contributed by atoms with van der Waals surface area (Å²) in [5, 5.41) is 5.26. The van der Waals surface area contributed by atoms with Crippen molar-refractivity contribution in [3.05, 3.63) is 54.5 Å². The molecule has 8 heteroatoms. The highest BCUT2D eigenvalue weighted by Gasteiger charge is 2.35. The summed E-state index contributed by atoms with van der Waals surface area (Å²) in [6.45, 7) is 0.697. The molecule has 0 bridgehead atoms. The lowest BCUT2D eigenvalue weighted by Gasteiger charge is -2.16. The first-order chi connectivity index (χ1) is 14.2. The van der Waals surface area contributed by atoms with E-state index in [1.807, 2.05) is 48.7 Å². The molecule has 0 aliphatic carbocycles. The molecule has 1 atom stereocenters. The molecule has 1 saturated heterocycles. The molecule has 0 spiro atoms. The summed E-state index contributed by atoms with van der Waals surface area (Å²) in [6, 6.07) is 13.5. The molecule has 1 N–H and O–H groups in total. The zero-order valence-corrected chi connectivity index (χ0v) is 15.3. The van der Waals surface area contributed by atoms with E-state index in [9.17, 15) is 4.79 Å². The van der Waals surface area contributed by atoms with E-state index in [0.29, 0.717) is 36.2 Å². The van der Waals surface area contributed by atoms with Gasteiger partial charge in [0.25, 0.3) is 5.89 Å². The summed E-state index contributed by atoms with van der Waals surface area (Å²) in [7, 11) is 0. The lowest BCUT2D eigenvalue weighted by Crippen LogP contribution is -2.24. The standard InChI is InChI=1S/C21H16N4O4/c26-19-8-14(10-25(19)15-3-4-17-18(9-15)28-11-27-17)20-23-21(29-24-20)13-2-1-12-5-6-22-16(12)7-13/h1-7,9,14,22H,8,10-11H2. The number of nitrogens with one attached hydrogen (secondary N) is 1. The van der Waals surface area contributed by atoms with Crippen LogP contribution < -0.4 is 14.4 Å². The van der Waals surface area contributed by atoms with Crippen LogP contribution in [0.2, 0.25) is 0 Å². The van der Waals surface area contributed by atoms with Crippen LogP contribution in [0.4, 0.5) is 5.69 Å². The van der Waals surface area contributed by atoms with E-state index in [0.717, 1.165) is 22.2 Å². The van der Waals surface area contributed by atoms with Gasteiger partial charge >= 0.3 is 0 Å². The summed E-state index contributed by atoms with van der Waals surface area (Å²) in [6.07, 6.45) is 2.23. The van der Waals surface area contributed by atoms with Gasteiger partial charge in [-0.25, -0.2) is 0 Å². The number of aromatic amines is 1. The second-order valence-electron chi connectivity index (χ2n) is 7.18. The highest BCUT2D eigenvalue weighted by atomic mass is 16.7. The van der Waals surface area contributed by atoms with Gasteiger partial charge in [-0.3, -0.25) is 4.79 Å². The van der Waals surface area contributed by atoms with Crippen LogP contribution in [-0.4, -0.2) is 34.4 Å². The first-order valence-electron chi connectivity index (χ1n) is 9.36. The molecule has 2 aromatic heterocycles. The minimum atomic E-state index is -0.125. The quantitative estimate of drug-likeness (QED) is 0.578. The van der Waals surface area contributed by atoms with Crippen LogP contribution in [0.5, 0.6) is 11.5 Å². The Morgan fingerprint density at radius 2 is 2.00 bits per heavy atom. The molecule has 29 heavy (non-hydrogen) atoms. The summed E-state index contributed by atoms with van der Waals surface area (Å²) < 4.78 is 16.2. The molecule has 4 aromatic rings. The molecule has 2 aliphatic rings. The Kier molecular flexibility index (Phi) is 3.40. The number of carbonyl (C=O) groups is 1. The normalized spacial score (nSPS) is 18.1. The number of rotatable bonds is 3. The van der Waals surface area contributed by atoms with E-state index >= 15 is 0 Å². The number of nitrogens with zero attached hydrogens (tertiary/aromatic N) is 3. The Labute approximate surface area is 165 Å². The number of fused-ring (bicyclic) bond motifs is 2. The van der Waals surface area contributed by atoms with Crippen molar-refractivity contribution in [3.63, 3.8) is 0 Å². The van der Waals surface area contributed by atoms with Crippen LogP contribution in [-0.2, 0) is 4.79 Å². The lowest BCUT2D eigenvalue weighted by molar-refractivity contribution is -0.117. The predicted octanol–water partition coefficient (Wildman–Crippen LogP) is 3.47. The van der Waals surface area contributed by atoms with Gasteiger partial charge in [-0.1, -0.05) is 11.2 Å². The molecule has 0 radical (unpaired) electrons. The molecular weight excluding hydrogens is 372 g/mol. The number of ether oxygens (including phenoxy) is 2. The summed E-state index contributed by atoms with van der Waals surface area (Å²) in [5.74, 6) is 2.24. The first-order valence-corrected chi connectivity index (χ1v) is 9.36. The predicted molar refractivity (Wildman–Crippen MR) is 104 cm³/mol. The number of anilines is 1. The Hall–Kier alpha value is -3.81. The molecule has 1 fully saturated rings. The SMILES string of the molecule is O=C1CC(c2noc(-c3ccc4cc[nH]c4c3)n2)CN1c1ccc2c(c1)OCO2. The van der Waals surface area contributed by atoms with Gasteiger partial charge in [0.15, 0.2) is 17.3 Å². The second-order valence-corrected chi connectivity index (χ2v) is 7.18. The first kappa shape index (κ1) is 16.2. The fraction of sp³-hybridized carbons (Fsp3) is 0.190. The zero-order chi connectivity index (χ0) is 19.4. The highest BCUT2D eigenvalue weighted by molar-refractivity contribution is 5.96. The molecule has 6 rings (SSSR count). The van der Waals surface area contributed by atoms with E-state index in [1.165, 1.54) is 0 Å². The molecule has 1 amide bonds. The van der Waals surface area contributed by atoms with Crippen LogP contribution in [0, 0.1) is 0 Å². The molecule has 144 valence electrons. The van der Waals surface area contributed by atoms with Gasteiger partial charge in [-0.15, -0.1) is 0 Å². The topological polar surface area (TPSA) is 93.5 Å². The van der Waals surface area contributed by atoms with E-state index in [-0.39, 0.29) is 18.6 Å². The van der Waals surface area contributed by atoms with Crippen molar-refractivity contribution >= 4 is 22.5 Å².